The number of aliphatic hydroxyl groups is 3. The topological polar surface area (TPSA) is 212 Å². The summed E-state index contributed by atoms with van der Waals surface area (Å²) >= 11 is 67.4. The maximum absolute atomic E-state index is 8.85. The number of thiocarbonyl (C=S) groups is 1. The lowest BCUT2D eigenvalue weighted by Gasteiger charge is -2.10. The van der Waals surface area contributed by atoms with Crippen molar-refractivity contribution in [1.82, 2.24) is 0 Å². The molecule has 3 rings (SSSR count). The molecule has 0 fully saturated rings. The Labute approximate surface area is 457 Å². The fraction of sp³-hybridized carbons (Fsp3) is 0.300. The predicted octanol–water partition coefficient (Wildman–Crippen LogP) is 15.2. The molecule has 3 aromatic rings. The molecule has 0 heterocycles. The smallest absolute Gasteiger partial charge is 0.160 e. The first-order valence-corrected chi connectivity index (χ1v) is 29.7. The molecule has 58 heavy (non-hydrogen) atoms. The SMILES string of the molecule is Br.Br.BrP(Br)Br.CCO.ClCCl.Clc1cc(CBr)c(CBr)cc1Cl.N=C(N)SCc1cc(Cl)c(Cl)cc1CSC(=N)N.NC(N)=S.OCc1cc(Cl)c(Cl)cc1CO. The molecule has 0 spiro atoms. The van der Waals surface area contributed by atoms with Gasteiger partial charge in [-0.2, -0.15) is 0 Å². The van der Waals surface area contributed by atoms with Crippen LogP contribution in [0.2, 0.25) is 30.1 Å². The van der Waals surface area contributed by atoms with Crippen LogP contribution in [0.3, 0.4) is 0 Å². The summed E-state index contributed by atoms with van der Waals surface area (Å²) in [6, 6.07) is 10.4. The Morgan fingerprint density at radius 1 is 0.603 bits per heavy atom. The summed E-state index contributed by atoms with van der Waals surface area (Å²) in [5.74, 6) is 1.08. The van der Waals surface area contributed by atoms with Gasteiger partial charge < -0.3 is 38.3 Å². The highest BCUT2D eigenvalue weighted by atomic mass is 80.0. The van der Waals surface area contributed by atoms with Crippen LogP contribution >= 0.6 is 245 Å². The van der Waals surface area contributed by atoms with Gasteiger partial charge in [0.2, 0.25) is 0 Å². The van der Waals surface area contributed by atoms with Gasteiger partial charge in [-0.3, -0.25) is 10.8 Å². The van der Waals surface area contributed by atoms with E-state index in [-0.39, 0.29) is 78.6 Å². The van der Waals surface area contributed by atoms with Gasteiger partial charge in [-0.05, 0) is 135 Å². The van der Waals surface area contributed by atoms with Crippen LogP contribution in [-0.2, 0) is 35.4 Å². The zero-order valence-electron chi connectivity index (χ0n) is 29.7. The molecule has 0 saturated heterocycles. The van der Waals surface area contributed by atoms with Crippen molar-refractivity contribution in [1.29, 1.82) is 10.8 Å². The molecule has 3 aromatic carbocycles. The average Bonchev–Trinajstić information content (AvgIpc) is 3.10. The second-order valence-corrected chi connectivity index (χ2v) is 31.2. The van der Waals surface area contributed by atoms with Crippen LogP contribution in [0, 0.1) is 10.8 Å². The van der Waals surface area contributed by atoms with Gasteiger partial charge in [0, 0.05) is 28.8 Å². The van der Waals surface area contributed by atoms with E-state index in [0.717, 1.165) is 21.8 Å². The van der Waals surface area contributed by atoms with Crippen molar-refractivity contribution in [3.63, 3.8) is 0 Å². The summed E-state index contributed by atoms with van der Waals surface area (Å²) in [5, 5.41) is 44.5. The Bertz CT molecular complexity index is 1440. The van der Waals surface area contributed by atoms with Gasteiger partial charge in [0.15, 0.2) is 15.4 Å². The fourth-order valence-electron chi connectivity index (χ4n) is 3.01. The Kier molecular flexibility index (Phi) is 58.2. The number of amidine groups is 2. The van der Waals surface area contributed by atoms with E-state index in [4.69, 9.17) is 130 Å². The molecule has 0 aromatic heterocycles. The quantitative estimate of drug-likeness (QED) is 0.0342. The average molecular weight is 1500 g/mol. The number of rotatable bonds is 8. The number of nitrogens with two attached hydrogens (primary N) is 4. The molecule has 0 atom stereocenters. The summed E-state index contributed by atoms with van der Waals surface area (Å²) in [7, 11) is 0. The largest absolute Gasteiger partial charge is 0.397 e. The highest BCUT2D eigenvalue weighted by Gasteiger charge is 2.10. The molecule has 0 saturated carbocycles. The van der Waals surface area contributed by atoms with Crippen molar-refractivity contribution in [2.75, 3.05) is 11.9 Å². The van der Waals surface area contributed by atoms with E-state index < -0.39 is 0 Å². The Hall–Kier alpha value is 2.98. The zero-order chi connectivity index (χ0) is 44.6. The van der Waals surface area contributed by atoms with Crippen LogP contribution in [0.15, 0.2) is 36.4 Å². The Balaban J connectivity index is -0.000000150. The third-order valence-electron chi connectivity index (χ3n) is 5.12. The molecule has 0 amide bonds. The Morgan fingerprint density at radius 3 is 0.931 bits per heavy atom. The third-order valence-corrected chi connectivity index (χ3v) is 10.0. The van der Waals surface area contributed by atoms with E-state index in [0.29, 0.717) is 52.8 Å². The molecule has 0 aliphatic rings. The first-order valence-electron chi connectivity index (χ1n) is 14.3. The lowest BCUT2D eigenvalue weighted by atomic mass is 10.1. The van der Waals surface area contributed by atoms with Gasteiger partial charge >= 0.3 is 0 Å². The number of alkyl halides is 4. The van der Waals surface area contributed by atoms with Crippen LogP contribution < -0.4 is 22.9 Å². The first-order chi connectivity index (χ1) is 26.1. The number of benzene rings is 3. The second-order valence-electron chi connectivity index (χ2n) is 9.01. The van der Waals surface area contributed by atoms with E-state index in [1.54, 1.807) is 31.2 Å². The number of nitrogens with one attached hydrogen (secondary N) is 2. The summed E-state index contributed by atoms with van der Waals surface area (Å²) in [6.07, 6.45) is 0. The Morgan fingerprint density at radius 2 is 0.776 bits per heavy atom. The van der Waals surface area contributed by atoms with Crippen LogP contribution in [0.5, 0.6) is 0 Å². The third kappa shape index (κ3) is 41.7. The molecule has 0 aliphatic heterocycles. The predicted molar refractivity (Wildman–Crippen MR) is 298 cm³/mol. The first kappa shape index (κ1) is 72.6. The minimum atomic E-state index is -0.183. The maximum Gasteiger partial charge on any atom is 0.160 e. The van der Waals surface area contributed by atoms with Gasteiger partial charge in [-0.25, -0.2) is 0 Å². The second kappa shape index (κ2) is 46.5. The van der Waals surface area contributed by atoms with Gasteiger partial charge in [-0.15, -0.1) is 57.2 Å². The van der Waals surface area contributed by atoms with E-state index in [9.17, 15) is 0 Å². The minimum Gasteiger partial charge on any atom is -0.397 e. The summed E-state index contributed by atoms with van der Waals surface area (Å²) in [5.41, 5.74) is 25.3. The fourth-order valence-corrected chi connectivity index (χ4v) is 6.33. The lowest BCUT2D eigenvalue weighted by Crippen LogP contribution is -2.18. The van der Waals surface area contributed by atoms with Crippen molar-refractivity contribution in [3.8, 4) is 0 Å². The van der Waals surface area contributed by atoms with Gasteiger partial charge in [0.1, 0.15) is 4.03 Å². The van der Waals surface area contributed by atoms with Crippen molar-refractivity contribution < 1.29 is 15.3 Å². The number of thioether (sulfide) groups is 2. The molecule has 13 N–H and O–H groups in total. The molecule has 9 nitrogen and oxygen atoms in total. The van der Waals surface area contributed by atoms with Crippen molar-refractivity contribution >= 4 is 260 Å². The van der Waals surface area contributed by atoms with Gasteiger partial charge in [-0.1, -0.05) is 125 Å². The maximum atomic E-state index is 8.85. The molecule has 0 radical (unpaired) electrons. The van der Waals surface area contributed by atoms with E-state index in [2.05, 4.69) is 102 Å². The van der Waals surface area contributed by atoms with E-state index in [1.807, 2.05) is 12.1 Å². The van der Waals surface area contributed by atoms with Gasteiger partial charge in [0.05, 0.1) is 48.7 Å². The number of aliphatic hydroxyl groups excluding tert-OH is 3. The lowest BCUT2D eigenvalue weighted by molar-refractivity contribution is 0.260. The summed E-state index contributed by atoms with van der Waals surface area (Å²) < 4.78 is -0.183. The van der Waals surface area contributed by atoms with Crippen LogP contribution in [0.25, 0.3) is 0 Å². The number of halogens is 15. The molecular weight excluding hydrogens is 1460 g/mol. The molecule has 0 bridgehead atoms. The van der Waals surface area contributed by atoms with Crippen molar-refractivity contribution in [2.24, 2.45) is 22.9 Å². The minimum absolute atomic E-state index is 0. The molecule has 0 unspecified atom stereocenters. The monoisotopic (exact) mass is 1490 g/mol. The number of hydrogen-bond acceptors (Lipinski definition) is 8. The van der Waals surface area contributed by atoms with Crippen molar-refractivity contribution in [3.05, 3.63) is 99.9 Å². The zero-order valence-corrected chi connectivity index (χ0v) is 50.4. The highest BCUT2D eigenvalue weighted by Crippen LogP contribution is 2.59. The van der Waals surface area contributed by atoms with Crippen LogP contribution in [0.1, 0.15) is 40.3 Å². The summed E-state index contributed by atoms with van der Waals surface area (Å²) in [4.78, 5) is 0. The molecular formula is C30H40Br7Cl8N6O3PS3. The van der Waals surface area contributed by atoms with Crippen LogP contribution in [-0.4, -0.2) is 42.7 Å². The number of hydrogen-bond donors (Lipinski definition) is 9. The highest BCUT2D eigenvalue weighted by molar-refractivity contribution is 9.93. The van der Waals surface area contributed by atoms with Crippen molar-refractivity contribution in [2.45, 2.75) is 42.3 Å². The van der Waals surface area contributed by atoms with Crippen LogP contribution in [0.4, 0.5) is 0 Å². The molecule has 336 valence electrons. The van der Waals surface area contributed by atoms with Gasteiger partial charge in [0.25, 0.3) is 0 Å². The van der Waals surface area contributed by atoms with E-state index >= 15 is 0 Å². The normalized spacial score (nSPS) is 9.14. The standard InChI is InChI=1S/C10H12Cl2N4S2.C8H6Br2Cl2.C8H8Cl2O2.C2H6O.CH2Cl2.CH4N2S.Br3P.2BrH/c11-7-1-5(3-17-9(13)14)6(2-8(7)12)4-18-10(15)16;9-3-5-1-7(11)8(12)2-6(5)4-10;9-7-1-5(3-11)6(4-12)2-8(7)10;1-2-3;2-1-3;2-1(3)4;1-4(2)3;;/h1-2H,3-4H2,(H3,13,14)(H3,15,16);1-2H,3-4H2;1-2,11-12H,3-4H2;3H,2H2,1H3;1H2;(H4,2,3,4);;2*1H. The molecule has 28 heteroatoms. The molecule has 0 aliphatic carbocycles. The van der Waals surface area contributed by atoms with E-state index in [1.165, 1.54) is 34.7 Å². The summed E-state index contributed by atoms with van der Waals surface area (Å²) in [6.45, 7) is 1.64.